The van der Waals surface area contributed by atoms with Gasteiger partial charge in [0.2, 0.25) is 0 Å². The Morgan fingerprint density at radius 3 is 2.79 bits per heavy atom. The normalized spacial score (nSPS) is 15.5. The maximum Gasteiger partial charge on any atom is 0.123 e. The van der Waals surface area contributed by atoms with Crippen molar-refractivity contribution in [3.8, 4) is 10.6 Å². The third-order valence-electron chi connectivity index (χ3n) is 3.69. The van der Waals surface area contributed by atoms with Crippen LogP contribution in [0.1, 0.15) is 23.1 Å². The van der Waals surface area contributed by atoms with Gasteiger partial charge in [-0.3, -0.25) is 4.90 Å². The van der Waals surface area contributed by atoms with Gasteiger partial charge in [-0.15, -0.1) is 11.3 Å². The molecule has 1 aliphatic heterocycles. The van der Waals surface area contributed by atoms with Crippen LogP contribution >= 0.6 is 11.3 Å². The maximum absolute atomic E-state index is 5.63. The molecule has 1 aromatic heterocycles. The molecule has 0 aliphatic carbocycles. The van der Waals surface area contributed by atoms with Gasteiger partial charge in [-0.05, 0) is 12.1 Å². The van der Waals surface area contributed by atoms with Crippen molar-refractivity contribution in [1.29, 1.82) is 0 Å². The minimum absolute atomic E-state index is 0.597. The number of rotatable bonds is 3. The van der Waals surface area contributed by atoms with Crippen LogP contribution in [0.15, 0.2) is 24.3 Å². The van der Waals surface area contributed by atoms with E-state index in [0.717, 1.165) is 31.1 Å². The van der Waals surface area contributed by atoms with Crippen LogP contribution < -0.4 is 5.73 Å². The van der Waals surface area contributed by atoms with Crippen molar-refractivity contribution in [3.05, 3.63) is 40.4 Å². The molecule has 0 fully saturated rings. The van der Waals surface area contributed by atoms with Gasteiger partial charge in [0.1, 0.15) is 5.01 Å². The van der Waals surface area contributed by atoms with Gasteiger partial charge in [0, 0.05) is 36.5 Å². The summed E-state index contributed by atoms with van der Waals surface area (Å²) in [6, 6.07) is 8.44. The summed E-state index contributed by atoms with van der Waals surface area (Å²) < 4.78 is 0. The fourth-order valence-electron chi connectivity index (χ4n) is 2.43. The first-order chi connectivity index (χ1) is 9.30. The largest absolute Gasteiger partial charge is 0.326 e. The molecule has 0 bridgehead atoms. The molecule has 0 atom stereocenters. The topological polar surface area (TPSA) is 42.2 Å². The Morgan fingerprint density at radius 1 is 1.32 bits per heavy atom. The van der Waals surface area contributed by atoms with Gasteiger partial charge in [-0.1, -0.05) is 31.2 Å². The van der Waals surface area contributed by atoms with Gasteiger partial charge in [-0.25, -0.2) is 4.98 Å². The highest BCUT2D eigenvalue weighted by Crippen LogP contribution is 2.31. The Kier molecular flexibility index (Phi) is 3.64. The lowest BCUT2D eigenvalue weighted by Gasteiger charge is -2.23. The summed E-state index contributed by atoms with van der Waals surface area (Å²) >= 11 is 1.84. The van der Waals surface area contributed by atoms with Crippen molar-refractivity contribution in [2.45, 2.75) is 26.4 Å². The van der Waals surface area contributed by atoms with Gasteiger partial charge in [0.15, 0.2) is 0 Å². The summed E-state index contributed by atoms with van der Waals surface area (Å²) in [5.41, 5.74) is 9.31. The Morgan fingerprint density at radius 2 is 2.11 bits per heavy atom. The highest BCUT2D eigenvalue weighted by molar-refractivity contribution is 7.15. The zero-order valence-electron chi connectivity index (χ0n) is 11.2. The second-order valence-electron chi connectivity index (χ2n) is 4.91. The third kappa shape index (κ3) is 2.56. The number of aromatic nitrogens is 1. The molecule has 1 aromatic carbocycles. The second kappa shape index (κ2) is 5.41. The molecule has 0 unspecified atom stereocenters. The standard InChI is InChI=1S/C15H19N3S/c1-2-18-8-7-13-14(10-18)19-15(17-13)12-5-3-11(9-16)4-6-12/h3-6H,2,7-10,16H2,1H3. The first-order valence-electron chi connectivity index (χ1n) is 6.80. The minimum Gasteiger partial charge on any atom is -0.326 e. The van der Waals surface area contributed by atoms with Crippen LogP contribution in [-0.2, 0) is 19.5 Å². The van der Waals surface area contributed by atoms with Gasteiger partial charge in [0.25, 0.3) is 0 Å². The van der Waals surface area contributed by atoms with Crippen molar-refractivity contribution in [3.63, 3.8) is 0 Å². The molecule has 0 amide bonds. The number of benzene rings is 1. The molecule has 4 heteroatoms. The highest BCUT2D eigenvalue weighted by Gasteiger charge is 2.19. The minimum atomic E-state index is 0.597. The lowest BCUT2D eigenvalue weighted by molar-refractivity contribution is 0.270. The molecule has 1 aliphatic rings. The van der Waals surface area contributed by atoms with E-state index in [1.54, 1.807) is 0 Å². The first kappa shape index (κ1) is 12.8. The van der Waals surface area contributed by atoms with Crippen LogP contribution in [0, 0.1) is 0 Å². The summed E-state index contributed by atoms with van der Waals surface area (Å²) in [5, 5.41) is 1.14. The number of hydrogen-bond donors (Lipinski definition) is 1. The lowest BCUT2D eigenvalue weighted by atomic mass is 10.1. The van der Waals surface area contributed by atoms with Crippen LogP contribution in [0.3, 0.4) is 0 Å². The monoisotopic (exact) mass is 273 g/mol. The second-order valence-corrected chi connectivity index (χ2v) is 5.99. The fraction of sp³-hybridized carbons (Fsp3) is 0.400. The summed E-state index contributed by atoms with van der Waals surface area (Å²) in [7, 11) is 0. The molecule has 0 saturated carbocycles. The molecular formula is C15H19N3S. The average Bonchev–Trinajstić information content (AvgIpc) is 2.90. The molecule has 2 aromatic rings. The summed E-state index contributed by atoms with van der Waals surface area (Å²) in [5.74, 6) is 0. The van der Waals surface area contributed by atoms with Gasteiger partial charge >= 0.3 is 0 Å². The van der Waals surface area contributed by atoms with E-state index in [4.69, 9.17) is 10.7 Å². The molecule has 2 N–H and O–H groups in total. The zero-order chi connectivity index (χ0) is 13.2. The Hall–Kier alpha value is -1.23. The van der Waals surface area contributed by atoms with E-state index in [-0.39, 0.29) is 0 Å². The van der Waals surface area contributed by atoms with Crippen molar-refractivity contribution in [1.82, 2.24) is 9.88 Å². The van der Waals surface area contributed by atoms with E-state index in [0.29, 0.717) is 6.54 Å². The summed E-state index contributed by atoms with van der Waals surface area (Å²) in [6.07, 6.45) is 1.08. The van der Waals surface area contributed by atoms with E-state index in [1.165, 1.54) is 21.7 Å². The Labute approximate surface area is 118 Å². The fourth-order valence-corrected chi connectivity index (χ4v) is 3.58. The maximum atomic E-state index is 5.63. The molecular weight excluding hydrogens is 254 g/mol. The quantitative estimate of drug-likeness (QED) is 0.935. The predicted molar refractivity (Wildman–Crippen MR) is 80.1 cm³/mol. The SMILES string of the molecule is CCN1CCc2nc(-c3ccc(CN)cc3)sc2C1. The summed E-state index contributed by atoms with van der Waals surface area (Å²) in [4.78, 5) is 8.72. The van der Waals surface area contributed by atoms with Crippen molar-refractivity contribution >= 4 is 11.3 Å². The van der Waals surface area contributed by atoms with Gasteiger partial charge in [-0.2, -0.15) is 0 Å². The number of fused-ring (bicyclic) bond motifs is 1. The molecule has 0 saturated heterocycles. The van der Waals surface area contributed by atoms with E-state index >= 15 is 0 Å². The number of nitrogens with zero attached hydrogens (tertiary/aromatic N) is 2. The van der Waals surface area contributed by atoms with E-state index in [2.05, 4.69) is 36.1 Å². The van der Waals surface area contributed by atoms with Crippen molar-refractivity contribution in [2.75, 3.05) is 13.1 Å². The molecule has 19 heavy (non-hydrogen) atoms. The van der Waals surface area contributed by atoms with Crippen LogP contribution in [0.5, 0.6) is 0 Å². The van der Waals surface area contributed by atoms with E-state index in [1.807, 2.05) is 11.3 Å². The molecule has 2 heterocycles. The zero-order valence-corrected chi connectivity index (χ0v) is 12.0. The molecule has 0 spiro atoms. The van der Waals surface area contributed by atoms with E-state index in [9.17, 15) is 0 Å². The lowest BCUT2D eigenvalue weighted by Crippen LogP contribution is -2.29. The molecule has 0 radical (unpaired) electrons. The highest BCUT2D eigenvalue weighted by atomic mass is 32.1. The number of hydrogen-bond acceptors (Lipinski definition) is 4. The number of thiazole rings is 1. The number of likely N-dealkylation sites (N-methyl/N-ethyl adjacent to an activating group) is 1. The van der Waals surface area contributed by atoms with Crippen molar-refractivity contribution < 1.29 is 0 Å². The first-order valence-corrected chi connectivity index (χ1v) is 7.62. The van der Waals surface area contributed by atoms with Crippen LogP contribution in [0.2, 0.25) is 0 Å². The Bertz CT molecular complexity index is 559. The van der Waals surface area contributed by atoms with Crippen molar-refractivity contribution in [2.24, 2.45) is 5.73 Å². The number of nitrogens with two attached hydrogens (primary N) is 1. The predicted octanol–water partition coefficient (Wildman–Crippen LogP) is 2.65. The van der Waals surface area contributed by atoms with Gasteiger partial charge < -0.3 is 5.73 Å². The van der Waals surface area contributed by atoms with Crippen LogP contribution in [0.4, 0.5) is 0 Å². The van der Waals surface area contributed by atoms with Crippen LogP contribution in [-0.4, -0.2) is 23.0 Å². The Balaban J connectivity index is 1.88. The average molecular weight is 273 g/mol. The third-order valence-corrected chi connectivity index (χ3v) is 4.83. The smallest absolute Gasteiger partial charge is 0.123 e. The molecule has 100 valence electrons. The van der Waals surface area contributed by atoms with Crippen LogP contribution in [0.25, 0.3) is 10.6 Å². The van der Waals surface area contributed by atoms with E-state index < -0.39 is 0 Å². The molecule has 3 nitrogen and oxygen atoms in total. The molecule has 3 rings (SSSR count). The summed E-state index contributed by atoms with van der Waals surface area (Å²) in [6.45, 7) is 6.14. The van der Waals surface area contributed by atoms with Gasteiger partial charge in [0.05, 0.1) is 5.69 Å².